The van der Waals surface area contributed by atoms with Crippen molar-refractivity contribution in [3.8, 4) is 11.5 Å². The number of ether oxygens (including phenoxy) is 3. The summed E-state index contributed by atoms with van der Waals surface area (Å²) in [6, 6.07) is 10.6. The highest BCUT2D eigenvalue weighted by Crippen LogP contribution is 2.32. The largest absolute Gasteiger partial charge is 0.454 e. The maximum atomic E-state index is 12.8. The topological polar surface area (TPSA) is 103 Å². The Kier molecular flexibility index (Phi) is 6.62. The Hall–Kier alpha value is -3.62. The standard InChI is InChI=1S/C20H19FN2O6/c21-15-4-1-13(2-5-15)7-8-22-18(24)11-27-19(25)10-23-20(26)14-3-6-16-17(9-14)29-12-28-16/h1-6,9H,7-8,10-12H2,(H,22,24)(H,23,26). The lowest BCUT2D eigenvalue weighted by Crippen LogP contribution is -2.34. The highest BCUT2D eigenvalue weighted by Gasteiger charge is 2.17. The van der Waals surface area contributed by atoms with E-state index in [0.717, 1.165) is 5.56 Å². The monoisotopic (exact) mass is 402 g/mol. The minimum Gasteiger partial charge on any atom is -0.454 e. The molecule has 0 unspecified atom stereocenters. The minimum absolute atomic E-state index is 0.0959. The van der Waals surface area contributed by atoms with Crippen LogP contribution >= 0.6 is 0 Å². The van der Waals surface area contributed by atoms with Crippen LogP contribution in [0.25, 0.3) is 0 Å². The number of carbonyl (C=O) groups is 3. The lowest BCUT2D eigenvalue weighted by molar-refractivity contribution is -0.147. The summed E-state index contributed by atoms with van der Waals surface area (Å²) in [6.45, 7) is -0.417. The van der Waals surface area contributed by atoms with Gasteiger partial charge in [0.1, 0.15) is 12.4 Å². The fourth-order valence-corrected chi connectivity index (χ4v) is 2.54. The maximum absolute atomic E-state index is 12.8. The molecule has 0 radical (unpaired) electrons. The minimum atomic E-state index is -0.743. The average Bonchev–Trinajstić information content (AvgIpc) is 3.19. The zero-order valence-corrected chi connectivity index (χ0v) is 15.4. The smallest absolute Gasteiger partial charge is 0.325 e. The fraction of sp³-hybridized carbons (Fsp3) is 0.250. The first kappa shape index (κ1) is 20.1. The average molecular weight is 402 g/mol. The Bertz CT molecular complexity index is 900. The van der Waals surface area contributed by atoms with Crippen LogP contribution in [0.15, 0.2) is 42.5 Å². The molecule has 3 rings (SSSR count). The van der Waals surface area contributed by atoms with E-state index >= 15 is 0 Å². The van der Waals surface area contributed by atoms with E-state index in [1.165, 1.54) is 18.2 Å². The third kappa shape index (κ3) is 5.93. The summed E-state index contributed by atoms with van der Waals surface area (Å²) in [4.78, 5) is 35.5. The second-order valence-electron chi connectivity index (χ2n) is 6.14. The van der Waals surface area contributed by atoms with Crippen molar-refractivity contribution in [1.82, 2.24) is 10.6 Å². The van der Waals surface area contributed by atoms with Crippen molar-refractivity contribution in [3.63, 3.8) is 0 Å². The third-order valence-corrected chi connectivity index (χ3v) is 4.04. The highest BCUT2D eigenvalue weighted by atomic mass is 19.1. The number of halogens is 1. The number of hydrogen-bond acceptors (Lipinski definition) is 6. The van der Waals surface area contributed by atoms with E-state index in [1.54, 1.807) is 24.3 Å². The van der Waals surface area contributed by atoms with E-state index in [2.05, 4.69) is 10.6 Å². The molecule has 2 aromatic rings. The van der Waals surface area contributed by atoms with Crippen LogP contribution in [0.1, 0.15) is 15.9 Å². The van der Waals surface area contributed by atoms with Crippen molar-refractivity contribution < 1.29 is 33.0 Å². The molecule has 1 aliphatic heterocycles. The van der Waals surface area contributed by atoms with E-state index in [1.807, 2.05) is 0 Å². The van der Waals surface area contributed by atoms with E-state index in [4.69, 9.17) is 14.2 Å². The zero-order valence-electron chi connectivity index (χ0n) is 15.4. The summed E-state index contributed by atoms with van der Waals surface area (Å²) in [6.07, 6.45) is 0.519. The van der Waals surface area contributed by atoms with Crippen molar-refractivity contribution in [1.29, 1.82) is 0 Å². The molecule has 0 atom stereocenters. The Morgan fingerprint density at radius 1 is 1.00 bits per heavy atom. The first-order valence-electron chi connectivity index (χ1n) is 8.86. The van der Waals surface area contributed by atoms with Gasteiger partial charge in [-0.05, 0) is 42.3 Å². The van der Waals surface area contributed by atoms with Gasteiger partial charge in [0.15, 0.2) is 18.1 Å². The number of nitrogens with one attached hydrogen (secondary N) is 2. The molecule has 8 nitrogen and oxygen atoms in total. The van der Waals surface area contributed by atoms with Crippen molar-refractivity contribution in [2.45, 2.75) is 6.42 Å². The molecular formula is C20H19FN2O6. The zero-order chi connectivity index (χ0) is 20.6. The van der Waals surface area contributed by atoms with E-state index in [-0.39, 0.29) is 19.2 Å². The number of fused-ring (bicyclic) bond motifs is 1. The van der Waals surface area contributed by atoms with Crippen molar-refractivity contribution >= 4 is 17.8 Å². The summed E-state index contributed by atoms with van der Waals surface area (Å²) >= 11 is 0. The molecule has 1 heterocycles. The molecule has 0 spiro atoms. The van der Waals surface area contributed by atoms with Gasteiger partial charge in [0, 0.05) is 12.1 Å². The predicted molar refractivity (Wildman–Crippen MR) is 99.0 cm³/mol. The summed E-state index contributed by atoms with van der Waals surface area (Å²) in [5.41, 5.74) is 1.18. The summed E-state index contributed by atoms with van der Waals surface area (Å²) < 4.78 is 28.0. The SMILES string of the molecule is O=C(COC(=O)CNC(=O)c1ccc2c(c1)OCO2)NCCc1ccc(F)cc1. The molecule has 152 valence electrons. The van der Waals surface area contributed by atoms with Gasteiger partial charge in [-0.15, -0.1) is 0 Å². The quantitative estimate of drug-likeness (QED) is 0.643. The van der Waals surface area contributed by atoms with Gasteiger partial charge in [0.2, 0.25) is 6.79 Å². The number of carbonyl (C=O) groups excluding carboxylic acids is 3. The van der Waals surface area contributed by atoms with E-state index in [9.17, 15) is 18.8 Å². The van der Waals surface area contributed by atoms with Crippen LogP contribution in [0.4, 0.5) is 4.39 Å². The molecule has 29 heavy (non-hydrogen) atoms. The Morgan fingerprint density at radius 3 is 2.55 bits per heavy atom. The van der Waals surface area contributed by atoms with Gasteiger partial charge in [0.25, 0.3) is 11.8 Å². The summed E-state index contributed by atoms with van der Waals surface area (Å²) in [7, 11) is 0. The fourth-order valence-electron chi connectivity index (χ4n) is 2.54. The first-order valence-corrected chi connectivity index (χ1v) is 8.86. The van der Waals surface area contributed by atoms with Gasteiger partial charge >= 0.3 is 5.97 Å². The molecule has 0 aromatic heterocycles. The number of amides is 2. The third-order valence-electron chi connectivity index (χ3n) is 4.04. The number of hydrogen-bond donors (Lipinski definition) is 2. The number of rotatable bonds is 8. The maximum Gasteiger partial charge on any atom is 0.325 e. The van der Waals surface area contributed by atoms with Gasteiger partial charge in [-0.1, -0.05) is 12.1 Å². The molecular weight excluding hydrogens is 383 g/mol. The van der Waals surface area contributed by atoms with Crippen LogP contribution in [-0.2, 0) is 20.7 Å². The van der Waals surface area contributed by atoms with Crippen molar-refractivity contribution in [2.75, 3.05) is 26.5 Å². The van der Waals surface area contributed by atoms with Crippen LogP contribution in [0, 0.1) is 5.82 Å². The molecule has 0 saturated carbocycles. The van der Waals surface area contributed by atoms with Crippen LogP contribution in [0.5, 0.6) is 11.5 Å². The lowest BCUT2D eigenvalue weighted by Gasteiger charge is -2.08. The molecule has 0 saturated heterocycles. The van der Waals surface area contributed by atoms with Gasteiger partial charge in [-0.2, -0.15) is 0 Å². The van der Waals surface area contributed by atoms with Gasteiger partial charge in [0.05, 0.1) is 0 Å². The second-order valence-corrected chi connectivity index (χ2v) is 6.14. The van der Waals surface area contributed by atoms with Crippen LogP contribution in [-0.4, -0.2) is 44.3 Å². The predicted octanol–water partition coefficient (Wildman–Crippen LogP) is 1.19. The van der Waals surface area contributed by atoms with Crippen LogP contribution in [0.3, 0.4) is 0 Å². The lowest BCUT2D eigenvalue weighted by atomic mass is 10.1. The van der Waals surface area contributed by atoms with E-state index < -0.39 is 24.4 Å². The first-order chi connectivity index (χ1) is 14.0. The highest BCUT2D eigenvalue weighted by molar-refractivity contribution is 5.96. The molecule has 2 amide bonds. The molecule has 9 heteroatoms. The summed E-state index contributed by atoms with van der Waals surface area (Å²) in [5, 5.41) is 5.00. The molecule has 0 aliphatic carbocycles. The normalized spacial score (nSPS) is 11.6. The molecule has 0 fully saturated rings. The molecule has 0 bridgehead atoms. The second kappa shape index (κ2) is 9.54. The van der Waals surface area contributed by atoms with Crippen LogP contribution in [0.2, 0.25) is 0 Å². The molecule has 2 N–H and O–H groups in total. The Balaban J connectivity index is 1.32. The number of benzene rings is 2. The van der Waals surface area contributed by atoms with E-state index in [0.29, 0.717) is 30.0 Å². The van der Waals surface area contributed by atoms with Gasteiger partial charge < -0.3 is 24.8 Å². The molecule has 2 aromatic carbocycles. The van der Waals surface area contributed by atoms with Gasteiger partial charge in [-0.3, -0.25) is 14.4 Å². The van der Waals surface area contributed by atoms with Crippen LogP contribution < -0.4 is 20.1 Å². The number of esters is 1. The Morgan fingerprint density at radius 2 is 1.76 bits per heavy atom. The van der Waals surface area contributed by atoms with Crippen molar-refractivity contribution in [2.24, 2.45) is 0 Å². The van der Waals surface area contributed by atoms with Crippen molar-refractivity contribution in [3.05, 3.63) is 59.4 Å². The molecule has 1 aliphatic rings. The summed E-state index contributed by atoms with van der Waals surface area (Å²) in [5.74, 6) is -1.02. The Labute approximate surface area is 165 Å². The van der Waals surface area contributed by atoms with Gasteiger partial charge in [-0.25, -0.2) is 4.39 Å².